The monoisotopic (exact) mass is 900 g/mol. The lowest BCUT2D eigenvalue weighted by molar-refractivity contribution is -0.486. The zero-order chi connectivity index (χ0) is 45.6. The van der Waals surface area contributed by atoms with Crippen molar-refractivity contribution in [2.45, 2.75) is 131 Å². The first kappa shape index (κ1) is 51.8. The Morgan fingerprint density at radius 1 is 0.441 bits per heavy atom. The van der Waals surface area contributed by atoms with Gasteiger partial charge in [0.25, 0.3) is 0 Å². The molecule has 2 rings (SSSR count). The van der Waals surface area contributed by atoms with Crippen LogP contribution in [0.15, 0.2) is 36.7 Å². The standard InChI is InChI=1S/C34H36F20N2O3/c1-3-5-7-8-9-10-11-21-19-55-24(56-20-21)22-12-14-23(15-13-22)59-34(53,54)32(49,50)30(45,46)28(41,42)26(37,38)25(35,36)27(39,40)29(43,44)31(47,48)33(51,52)58-18-17-57-16-6-4-2/h12-15,19-20H,3-11,16-18H2,1-2H3. The van der Waals surface area contributed by atoms with E-state index in [0.717, 1.165) is 38.5 Å². The van der Waals surface area contributed by atoms with E-state index in [1.807, 2.05) is 6.92 Å². The van der Waals surface area contributed by atoms with Crippen LogP contribution in [-0.2, 0) is 15.9 Å². The maximum atomic E-state index is 14.4. The van der Waals surface area contributed by atoms with E-state index in [0.29, 0.717) is 30.5 Å². The van der Waals surface area contributed by atoms with Gasteiger partial charge < -0.3 is 14.2 Å². The van der Waals surface area contributed by atoms with Crippen molar-refractivity contribution in [2.24, 2.45) is 0 Å². The van der Waals surface area contributed by atoms with Crippen molar-refractivity contribution in [2.75, 3.05) is 19.8 Å². The van der Waals surface area contributed by atoms with E-state index >= 15 is 0 Å². The molecule has 0 radical (unpaired) electrons. The van der Waals surface area contributed by atoms with Gasteiger partial charge in [0, 0.05) is 24.6 Å². The molecule has 0 fully saturated rings. The zero-order valence-electron chi connectivity index (χ0n) is 30.6. The highest BCUT2D eigenvalue weighted by Gasteiger charge is 2.98. The molecule has 1 aromatic heterocycles. The Morgan fingerprint density at radius 3 is 1.31 bits per heavy atom. The van der Waals surface area contributed by atoms with Crippen molar-refractivity contribution in [3.8, 4) is 17.1 Å². The van der Waals surface area contributed by atoms with Crippen molar-refractivity contribution in [1.29, 1.82) is 0 Å². The lowest BCUT2D eigenvalue weighted by atomic mass is 9.87. The third kappa shape index (κ3) is 9.90. The Kier molecular flexibility index (Phi) is 16.4. The molecule has 0 unspecified atom stereocenters. The number of aromatic nitrogens is 2. The Balaban J connectivity index is 2.34. The minimum Gasteiger partial charge on any atom is -0.428 e. The van der Waals surface area contributed by atoms with Gasteiger partial charge in [-0.25, -0.2) is 9.97 Å². The van der Waals surface area contributed by atoms with Gasteiger partial charge in [0.1, 0.15) is 5.75 Å². The van der Waals surface area contributed by atoms with Crippen molar-refractivity contribution in [3.63, 3.8) is 0 Å². The predicted molar refractivity (Wildman–Crippen MR) is 166 cm³/mol. The fourth-order valence-corrected chi connectivity index (χ4v) is 4.84. The number of benzene rings is 1. The summed E-state index contributed by atoms with van der Waals surface area (Å²) in [6.07, 6.45) is -4.62. The normalized spacial score (nSPS) is 14.5. The summed E-state index contributed by atoms with van der Waals surface area (Å²) in [4.78, 5) is 7.96. The fraction of sp³-hybridized carbons (Fsp3) is 0.706. The second-order valence-electron chi connectivity index (χ2n) is 13.0. The minimum atomic E-state index is -9.17. The highest BCUT2D eigenvalue weighted by Crippen LogP contribution is 2.66. The topological polar surface area (TPSA) is 53.5 Å². The van der Waals surface area contributed by atoms with E-state index in [1.165, 1.54) is 12.4 Å². The maximum absolute atomic E-state index is 14.4. The molecule has 1 aromatic carbocycles. The van der Waals surface area contributed by atoms with Crippen LogP contribution in [0.3, 0.4) is 0 Å². The van der Waals surface area contributed by atoms with Gasteiger partial charge in [0.15, 0.2) is 5.82 Å². The van der Waals surface area contributed by atoms with Crippen LogP contribution >= 0.6 is 0 Å². The number of aryl methyl sites for hydroxylation is 1. The fourth-order valence-electron chi connectivity index (χ4n) is 4.84. The summed E-state index contributed by atoms with van der Waals surface area (Å²) in [5.41, 5.74) is 0.551. The molecule has 0 atom stereocenters. The van der Waals surface area contributed by atoms with Crippen LogP contribution in [-0.4, -0.2) is 89.4 Å². The van der Waals surface area contributed by atoms with Crippen molar-refractivity contribution >= 4 is 0 Å². The molecule has 59 heavy (non-hydrogen) atoms. The van der Waals surface area contributed by atoms with Crippen LogP contribution < -0.4 is 4.74 Å². The second kappa shape index (κ2) is 18.7. The Hall–Kier alpha value is -3.38. The van der Waals surface area contributed by atoms with E-state index in [-0.39, 0.29) is 36.5 Å². The summed E-state index contributed by atoms with van der Waals surface area (Å²) in [6.45, 7) is 0.167. The van der Waals surface area contributed by atoms with Gasteiger partial charge in [-0.15, -0.1) is 0 Å². The molecule has 0 N–H and O–H groups in total. The number of alkyl halides is 20. The van der Waals surface area contributed by atoms with Crippen LogP contribution in [0, 0.1) is 0 Å². The van der Waals surface area contributed by atoms with E-state index < -0.39 is 78.6 Å². The van der Waals surface area contributed by atoms with Crippen LogP contribution in [0.4, 0.5) is 87.8 Å². The number of rotatable bonds is 26. The number of halogens is 20. The number of hydrogen-bond donors (Lipinski definition) is 0. The lowest BCUT2D eigenvalue weighted by Gasteiger charge is -2.44. The molecule has 25 heteroatoms. The molecule has 2 aromatic rings. The van der Waals surface area contributed by atoms with Gasteiger partial charge >= 0.3 is 59.6 Å². The molecule has 5 nitrogen and oxygen atoms in total. The Bertz CT molecular complexity index is 1610. The molecule has 0 saturated carbocycles. The summed E-state index contributed by atoms with van der Waals surface area (Å²) in [5.74, 6) is -71.9. The Morgan fingerprint density at radius 2 is 0.847 bits per heavy atom. The first-order chi connectivity index (χ1) is 26.8. The van der Waals surface area contributed by atoms with Gasteiger partial charge in [-0.05, 0) is 49.1 Å². The first-order valence-corrected chi connectivity index (χ1v) is 17.4. The number of ether oxygens (including phenoxy) is 3. The molecular weight excluding hydrogens is 864 g/mol. The molecule has 0 spiro atoms. The summed E-state index contributed by atoms with van der Waals surface area (Å²) < 4.78 is 296. The largest absolute Gasteiger partial charge is 0.471 e. The maximum Gasteiger partial charge on any atom is 0.471 e. The smallest absolute Gasteiger partial charge is 0.428 e. The van der Waals surface area contributed by atoms with E-state index in [4.69, 9.17) is 0 Å². The van der Waals surface area contributed by atoms with Gasteiger partial charge in [-0.3, -0.25) is 0 Å². The number of unbranched alkanes of at least 4 members (excludes halogenated alkanes) is 6. The first-order valence-electron chi connectivity index (χ1n) is 17.4. The Labute approximate surface area is 322 Å². The molecule has 0 aliphatic carbocycles. The third-order valence-corrected chi connectivity index (χ3v) is 8.53. The van der Waals surface area contributed by atoms with Crippen LogP contribution in [0.5, 0.6) is 5.75 Å². The molecule has 0 aliphatic rings. The van der Waals surface area contributed by atoms with E-state index in [1.54, 1.807) is 6.92 Å². The average Bonchev–Trinajstić information content (AvgIpc) is 3.14. The van der Waals surface area contributed by atoms with Crippen molar-refractivity contribution in [3.05, 3.63) is 42.2 Å². The SMILES string of the molecule is CCCCCCCCc1cnc(-c2ccc(OC(F)(F)C(F)(F)C(F)(F)C(F)(F)C(F)(F)C(F)(F)C(F)(F)C(F)(F)C(F)(F)C(F)(F)OCCOCCCC)cc2)nc1. The lowest BCUT2D eigenvalue weighted by Crippen LogP contribution is -2.77. The van der Waals surface area contributed by atoms with Gasteiger partial charge in [-0.2, -0.15) is 87.8 Å². The second-order valence-corrected chi connectivity index (χ2v) is 13.0. The summed E-state index contributed by atoms with van der Waals surface area (Å²) >= 11 is 0. The summed E-state index contributed by atoms with van der Waals surface area (Å²) in [5, 5.41) is 0. The molecule has 1 heterocycles. The van der Waals surface area contributed by atoms with E-state index in [9.17, 15) is 87.8 Å². The summed E-state index contributed by atoms with van der Waals surface area (Å²) in [6, 6.07) is 1.91. The van der Waals surface area contributed by atoms with Crippen LogP contribution in [0.25, 0.3) is 11.4 Å². The van der Waals surface area contributed by atoms with Gasteiger partial charge in [0.05, 0.1) is 13.2 Å². The highest BCUT2D eigenvalue weighted by molar-refractivity contribution is 5.56. The van der Waals surface area contributed by atoms with Crippen molar-refractivity contribution < 1.29 is 102 Å². The molecule has 0 saturated heterocycles. The van der Waals surface area contributed by atoms with Crippen LogP contribution in [0.1, 0.15) is 70.8 Å². The molecular formula is C34H36F20N2O3. The average molecular weight is 901 g/mol. The predicted octanol–water partition coefficient (Wildman–Crippen LogP) is 12.5. The van der Waals surface area contributed by atoms with E-state index in [2.05, 4.69) is 24.2 Å². The highest BCUT2D eigenvalue weighted by atomic mass is 19.4. The van der Waals surface area contributed by atoms with Crippen LogP contribution in [0.2, 0.25) is 0 Å². The minimum absolute atomic E-state index is 0.110. The van der Waals surface area contributed by atoms with Gasteiger partial charge in [-0.1, -0.05) is 52.4 Å². The molecule has 0 bridgehead atoms. The zero-order valence-corrected chi connectivity index (χ0v) is 30.6. The summed E-state index contributed by atoms with van der Waals surface area (Å²) in [7, 11) is 0. The number of nitrogens with zero attached hydrogens (tertiary/aromatic N) is 2. The quantitative estimate of drug-likeness (QED) is 0.0695. The van der Waals surface area contributed by atoms with Crippen molar-refractivity contribution in [1.82, 2.24) is 9.97 Å². The number of hydrogen-bond acceptors (Lipinski definition) is 5. The molecule has 0 aliphatic heterocycles. The molecule has 340 valence electrons. The molecule has 0 amide bonds. The van der Waals surface area contributed by atoms with Gasteiger partial charge in [0.2, 0.25) is 0 Å². The third-order valence-electron chi connectivity index (χ3n) is 8.53.